The van der Waals surface area contributed by atoms with Gasteiger partial charge < -0.3 is 15.2 Å². The molecular weight excluding hydrogens is 460 g/mol. The van der Waals surface area contributed by atoms with E-state index in [9.17, 15) is 4.79 Å². The van der Waals surface area contributed by atoms with Gasteiger partial charge in [-0.3, -0.25) is 9.69 Å². The fourth-order valence-corrected chi connectivity index (χ4v) is 5.66. The molecule has 2 aromatic carbocycles. The van der Waals surface area contributed by atoms with Crippen molar-refractivity contribution in [3.63, 3.8) is 0 Å². The van der Waals surface area contributed by atoms with Gasteiger partial charge in [0.2, 0.25) is 5.91 Å². The Morgan fingerprint density at radius 1 is 0.892 bits per heavy atom. The van der Waals surface area contributed by atoms with Gasteiger partial charge in [-0.15, -0.1) is 0 Å². The number of allylic oxidation sites excluding steroid dienone is 1. The van der Waals surface area contributed by atoms with Gasteiger partial charge >= 0.3 is 0 Å². The van der Waals surface area contributed by atoms with Crippen LogP contribution in [0.5, 0.6) is 0 Å². The number of nitrogens with zero attached hydrogens (tertiary/aromatic N) is 1. The second kappa shape index (κ2) is 14.5. The average molecular weight is 505 g/mol. The number of nitrogens with two attached hydrogens (primary N) is 1. The molecule has 1 amide bonds. The second-order valence-corrected chi connectivity index (χ2v) is 10.5. The molecule has 2 fully saturated rings. The first-order chi connectivity index (χ1) is 18.1. The minimum atomic E-state index is -0.308. The summed E-state index contributed by atoms with van der Waals surface area (Å²) in [5.41, 5.74) is 9.69. The molecule has 200 valence electrons. The lowest BCUT2D eigenvalue weighted by molar-refractivity contribution is -0.117. The Hall–Kier alpha value is -2.47. The number of ether oxygens (including phenoxy) is 2. The van der Waals surface area contributed by atoms with E-state index in [2.05, 4.69) is 48.2 Å². The number of amides is 1. The molecular formula is C32H44N2O3. The fourth-order valence-electron chi connectivity index (χ4n) is 5.66. The monoisotopic (exact) mass is 504 g/mol. The molecule has 0 radical (unpaired) electrons. The second-order valence-electron chi connectivity index (χ2n) is 10.5. The maximum absolute atomic E-state index is 11.1. The maximum Gasteiger partial charge on any atom is 0.221 e. The Balaban J connectivity index is 1.35. The van der Waals surface area contributed by atoms with Gasteiger partial charge in [0.1, 0.15) is 0 Å². The van der Waals surface area contributed by atoms with Crippen LogP contribution in [0, 0.1) is 0 Å². The van der Waals surface area contributed by atoms with Gasteiger partial charge in [-0.25, -0.2) is 0 Å². The zero-order chi connectivity index (χ0) is 25.9. The molecule has 2 aromatic rings. The highest BCUT2D eigenvalue weighted by Crippen LogP contribution is 2.32. The molecule has 5 nitrogen and oxygen atoms in total. The third-order valence-electron chi connectivity index (χ3n) is 7.69. The molecule has 2 aliphatic rings. The predicted octanol–water partition coefficient (Wildman–Crippen LogP) is 6.05. The van der Waals surface area contributed by atoms with Crippen LogP contribution in [0.2, 0.25) is 0 Å². The Bertz CT molecular complexity index is 978. The van der Waals surface area contributed by atoms with E-state index in [1.165, 1.54) is 50.8 Å². The molecule has 4 rings (SSSR count). The summed E-state index contributed by atoms with van der Waals surface area (Å²) in [6.45, 7) is 5.85. The van der Waals surface area contributed by atoms with Crippen LogP contribution in [0.15, 0.2) is 60.7 Å². The molecule has 5 heteroatoms. The Labute approximate surface area is 223 Å². The zero-order valence-electron chi connectivity index (χ0n) is 22.4. The van der Waals surface area contributed by atoms with Crippen molar-refractivity contribution in [1.29, 1.82) is 0 Å². The van der Waals surface area contributed by atoms with Crippen LogP contribution in [0.1, 0.15) is 69.4 Å². The lowest BCUT2D eigenvalue weighted by Crippen LogP contribution is -2.45. The molecule has 0 bridgehead atoms. The predicted molar refractivity (Wildman–Crippen MR) is 150 cm³/mol. The number of hydrogen-bond donors (Lipinski definition) is 1. The lowest BCUT2D eigenvalue weighted by atomic mass is 10.0. The van der Waals surface area contributed by atoms with Crippen molar-refractivity contribution in [2.75, 3.05) is 19.7 Å². The molecule has 37 heavy (non-hydrogen) atoms. The average Bonchev–Trinajstić information content (AvgIpc) is 3.11. The lowest BCUT2D eigenvalue weighted by Gasteiger charge is -2.33. The molecule has 0 unspecified atom stereocenters. The Morgan fingerprint density at radius 2 is 1.54 bits per heavy atom. The van der Waals surface area contributed by atoms with E-state index in [1.807, 2.05) is 24.3 Å². The fraction of sp³-hybridized carbons (Fsp3) is 0.531. The van der Waals surface area contributed by atoms with Crippen molar-refractivity contribution in [2.24, 2.45) is 5.73 Å². The summed E-state index contributed by atoms with van der Waals surface area (Å²) in [5.74, 6) is -0.308. The minimum Gasteiger partial charge on any atom is -0.371 e. The van der Waals surface area contributed by atoms with Crippen LogP contribution >= 0.6 is 0 Å². The third kappa shape index (κ3) is 8.26. The summed E-state index contributed by atoms with van der Waals surface area (Å²) in [6.07, 6.45) is 14.7. The molecule has 0 spiro atoms. The zero-order valence-corrected chi connectivity index (χ0v) is 22.4. The summed E-state index contributed by atoms with van der Waals surface area (Å²) >= 11 is 0. The molecule has 1 heterocycles. The number of carbonyl (C=O) groups is 1. The van der Waals surface area contributed by atoms with Gasteiger partial charge in [-0.2, -0.15) is 0 Å². The third-order valence-corrected chi connectivity index (χ3v) is 7.69. The number of hydrogen-bond acceptors (Lipinski definition) is 4. The highest BCUT2D eigenvalue weighted by Gasteiger charge is 2.40. The highest BCUT2D eigenvalue weighted by atomic mass is 16.5. The maximum atomic E-state index is 11.1. The molecule has 1 aliphatic carbocycles. The molecule has 1 saturated carbocycles. The van der Waals surface area contributed by atoms with Crippen LogP contribution in [-0.4, -0.2) is 48.8 Å². The number of benzene rings is 2. The van der Waals surface area contributed by atoms with Crippen LogP contribution in [0.3, 0.4) is 0 Å². The number of unbranched alkanes of at least 4 members (excludes halogenated alkanes) is 1. The summed E-state index contributed by atoms with van der Waals surface area (Å²) < 4.78 is 13.0. The topological polar surface area (TPSA) is 64.8 Å². The standard InChI is InChI=1S/C32H44N2O3/c1-2-3-4-9-22-36-32-29(34-20-7-5-6-8-21-34)18-19-30(32)37-24-26-12-16-28(17-13-26)27-14-10-25(11-15-27)23-31(33)35/h4,9-17,29-30,32H,2-3,5-8,18-24H2,1H3,(H2,33,35)/t29-,30+,32+/m1/s1. The largest absolute Gasteiger partial charge is 0.371 e. The van der Waals surface area contributed by atoms with Crippen molar-refractivity contribution in [2.45, 2.75) is 89.6 Å². The Kier molecular flexibility index (Phi) is 10.8. The number of likely N-dealkylation sites (tertiary alicyclic amines) is 1. The van der Waals surface area contributed by atoms with E-state index in [1.54, 1.807) is 0 Å². The van der Waals surface area contributed by atoms with Crippen LogP contribution in [0.25, 0.3) is 11.1 Å². The summed E-state index contributed by atoms with van der Waals surface area (Å²) in [5, 5.41) is 0. The first-order valence-corrected chi connectivity index (χ1v) is 14.2. The number of rotatable bonds is 12. The quantitative estimate of drug-likeness (QED) is 0.358. The van der Waals surface area contributed by atoms with Crippen LogP contribution in [0.4, 0.5) is 0 Å². The molecule has 0 aromatic heterocycles. The molecule has 1 aliphatic heterocycles. The van der Waals surface area contributed by atoms with Crippen molar-refractivity contribution >= 4 is 5.91 Å². The smallest absolute Gasteiger partial charge is 0.221 e. The summed E-state index contributed by atoms with van der Waals surface area (Å²) in [7, 11) is 0. The van der Waals surface area contributed by atoms with Crippen LogP contribution < -0.4 is 5.73 Å². The molecule has 2 N–H and O–H groups in total. The van der Waals surface area contributed by atoms with E-state index in [-0.39, 0.29) is 24.5 Å². The van der Waals surface area contributed by atoms with Gasteiger partial charge in [0.15, 0.2) is 0 Å². The van der Waals surface area contributed by atoms with E-state index in [4.69, 9.17) is 15.2 Å². The van der Waals surface area contributed by atoms with Crippen molar-refractivity contribution < 1.29 is 14.3 Å². The summed E-state index contributed by atoms with van der Waals surface area (Å²) in [6, 6.07) is 17.1. The van der Waals surface area contributed by atoms with Crippen molar-refractivity contribution in [3.8, 4) is 11.1 Å². The molecule has 3 atom stereocenters. The van der Waals surface area contributed by atoms with E-state index >= 15 is 0 Å². The van der Waals surface area contributed by atoms with Crippen molar-refractivity contribution in [3.05, 3.63) is 71.8 Å². The normalized spacial score (nSPS) is 22.9. The van der Waals surface area contributed by atoms with Gasteiger partial charge in [-0.05, 0) is 67.4 Å². The Morgan fingerprint density at radius 3 is 2.16 bits per heavy atom. The van der Waals surface area contributed by atoms with Gasteiger partial charge in [0.25, 0.3) is 0 Å². The number of primary amides is 1. The summed E-state index contributed by atoms with van der Waals surface area (Å²) in [4.78, 5) is 13.8. The minimum absolute atomic E-state index is 0.127. The van der Waals surface area contributed by atoms with Crippen molar-refractivity contribution in [1.82, 2.24) is 4.90 Å². The van der Waals surface area contributed by atoms with E-state index < -0.39 is 0 Å². The SMILES string of the molecule is CCCC=CCO[C@@H]1[C@@H](OCc2ccc(-c3ccc(CC(N)=O)cc3)cc2)CC[C@H]1N1CCCCCC1. The van der Waals surface area contributed by atoms with Gasteiger partial charge in [-0.1, -0.05) is 86.9 Å². The highest BCUT2D eigenvalue weighted by molar-refractivity contribution is 5.77. The number of carbonyl (C=O) groups excluding carboxylic acids is 1. The van der Waals surface area contributed by atoms with Gasteiger partial charge in [0, 0.05) is 6.04 Å². The first kappa shape index (κ1) is 27.6. The van der Waals surface area contributed by atoms with Gasteiger partial charge in [0.05, 0.1) is 31.8 Å². The first-order valence-electron chi connectivity index (χ1n) is 14.2. The van der Waals surface area contributed by atoms with E-state index in [0.717, 1.165) is 36.0 Å². The van der Waals surface area contributed by atoms with Crippen LogP contribution in [-0.2, 0) is 27.3 Å². The van der Waals surface area contributed by atoms with E-state index in [0.29, 0.717) is 19.3 Å². The molecule has 1 saturated heterocycles.